The third kappa shape index (κ3) is 4.39. The van der Waals surface area contributed by atoms with Gasteiger partial charge in [-0.25, -0.2) is 4.68 Å². The maximum atomic E-state index is 6.10. The Bertz CT molecular complexity index is 967. The molecule has 0 atom stereocenters. The number of rotatable bonds is 7. The fourth-order valence-corrected chi connectivity index (χ4v) is 2.96. The Morgan fingerprint density at radius 3 is 2.30 bits per heavy atom. The van der Waals surface area contributed by atoms with E-state index in [4.69, 9.17) is 4.74 Å². The van der Waals surface area contributed by atoms with Crippen molar-refractivity contribution in [2.75, 3.05) is 0 Å². The number of aromatic nitrogens is 4. The van der Waals surface area contributed by atoms with Crippen LogP contribution in [0.25, 0.3) is 5.69 Å². The lowest BCUT2D eigenvalue weighted by molar-refractivity contribution is 0.303. The van der Waals surface area contributed by atoms with Crippen LogP contribution in [0.1, 0.15) is 16.7 Å². The minimum absolute atomic E-state index is 0.526. The summed E-state index contributed by atoms with van der Waals surface area (Å²) in [6.07, 6.45) is 3.54. The van der Waals surface area contributed by atoms with Gasteiger partial charge in [0.05, 0.1) is 5.69 Å². The smallest absolute Gasteiger partial charge is 0.143 e. The second-order valence-corrected chi connectivity index (χ2v) is 6.30. The molecule has 0 saturated carbocycles. The van der Waals surface area contributed by atoms with Gasteiger partial charge in [-0.2, -0.15) is 0 Å². The van der Waals surface area contributed by atoms with E-state index in [1.165, 1.54) is 11.1 Å². The van der Waals surface area contributed by atoms with Crippen LogP contribution in [0.15, 0.2) is 85.2 Å². The van der Waals surface area contributed by atoms with Gasteiger partial charge < -0.3 is 4.74 Å². The van der Waals surface area contributed by atoms with Gasteiger partial charge in [-0.3, -0.25) is 0 Å². The Morgan fingerprint density at radius 2 is 1.52 bits per heavy atom. The van der Waals surface area contributed by atoms with Crippen molar-refractivity contribution < 1.29 is 4.74 Å². The average Bonchev–Trinajstić information content (AvgIpc) is 3.27. The molecule has 1 aromatic heterocycles. The fourth-order valence-electron chi connectivity index (χ4n) is 2.96. The fraction of sp³-hybridized carbons (Fsp3) is 0.136. The highest BCUT2D eigenvalue weighted by atomic mass is 16.5. The molecular weight excluding hydrogens is 336 g/mol. The maximum Gasteiger partial charge on any atom is 0.143 e. The molecule has 0 aliphatic heterocycles. The molecule has 0 bridgehead atoms. The number of para-hydroxylation sites is 1. The van der Waals surface area contributed by atoms with Crippen LogP contribution in [-0.2, 0) is 19.4 Å². The molecule has 0 amide bonds. The van der Waals surface area contributed by atoms with Crippen LogP contribution < -0.4 is 4.74 Å². The van der Waals surface area contributed by atoms with Crippen LogP contribution in [-0.4, -0.2) is 20.2 Å². The largest absolute Gasteiger partial charge is 0.489 e. The molecule has 0 N–H and O–H groups in total. The molecule has 0 fully saturated rings. The van der Waals surface area contributed by atoms with Crippen LogP contribution in [0.3, 0.4) is 0 Å². The van der Waals surface area contributed by atoms with Crippen molar-refractivity contribution in [2.24, 2.45) is 0 Å². The summed E-state index contributed by atoms with van der Waals surface area (Å²) in [7, 11) is 0. The summed E-state index contributed by atoms with van der Waals surface area (Å²) in [5.74, 6) is 0.943. The highest BCUT2D eigenvalue weighted by molar-refractivity contribution is 5.36. The molecule has 4 rings (SSSR count). The number of aryl methyl sites for hydroxylation is 2. The molecule has 0 aliphatic rings. The van der Waals surface area contributed by atoms with Crippen molar-refractivity contribution in [1.82, 2.24) is 20.2 Å². The molecule has 1 heterocycles. The molecule has 5 nitrogen and oxygen atoms in total. The first kappa shape index (κ1) is 17.0. The zero-order chi connectivity index (χ0) is 18.3. The minimum atomic E-state index is 0.526. The van der Waals surface area contributed by atoms with Crippen molar-refractivity contribution in [3.63, 3.8) is 0 Å². The van der Waals surface area contributed by atoms with E-state index in [9.17, 15) is 0 Å². The molecule has 0 spiro atoms. The van der Waals surface area contributed by atoms with Crippen LogP contribution in [0.4, 0.5) is 0 Å². The summed E-state index contributed by atoms with van der Waals surface area (Å²) < 4.78 is 7.72. The van der Waals surface area contributed by atoms with Crippen molar-refractivity contribution in [3.05, 3.63) is 102 Å². The molecule has 0 aliphatic carbocycles. The van der Waals surface area contributed by atoms with E-state index in [1.807, 2.05) is 42.5 Å². The normalized spacial score (nSPS) is 10.7. The maximum absolute atomic E-state index is 6.10. The first-order chi connectivity index (χ1) is 13.4. The third-order valence-electron chi connectivity index (χ3n) is 4.44. The average molecular weight is 356 g/mol. The van der Waals surface area contributed by atoms with Gasteiger partial charge in [0, 0.05) is 0 Å². The van der Waals surface area contributed by atoms with Gasteiger partial charge in [-0.05, 0) is 58.2 Å². The predicted molar refractivity (Wildman–Crippen MR) is 104 cm³/mol. The number of tetrazole rings is 1. The minimum Gasteiger partial charge on any atom is -0.489 e. The Labute approximate surface area is 158 Å². The number of hydrogen-bond donors (Lipinski definition) is 0. The van der Waals surface area contributed by atoms with Gasteiger partial charge in [-0.1, -0.05) is 60.7 Å². The third-order valence-corrected chi connectivity index (χ3v) is 4.44. The van der Waals surface area contributed by atoms with E-state index >= 15 is 0 Å². The summed E-state index contributed by atoms with van der Waals surface area (Å²) >= 11 is 0. The SMILES string of the molecule is c1ccc(CCc2ccccc2OCc2ccc(-n3cnnn3)cc2)cc1. The quantitative estimate of drug-likeness (QED) is 0.502. The Hall–Kier alpha value is -3.47. The number of hydrogen-bond acceptors (Lipinski definition) is 4. The predicted octanol–water partition coefficient (Wildman–Crippen LogP) is 4.03. The Kier molecular flexibility index (Phi) is 5.20. The van der Waals surface area contributed by atoms with E-state index < -0.39 is 0 Å². The van der Waals surface area contributed by atoms with Crippen molar-refractivity contribution in [3.8, 4) is 11.4 Å². The molecule has 5 heteroatoms. The summed E-state index contributed by atoms with van der Waals surface area (Å²) in [6, 6.07) is 26.8. The number of ether oxygens (including phenoxy) is 1. The van der Waals surface area contributed by atoms with E-state index in [2.05, 4.69) is 51.9 Å². The molecule has 0 saturated heterocycles. The zero-order valence-corrected chi connectivity index (χ0v) is 14.9. The summed E-state index contributed by atoms with van der Waals surface area (Å²) in [4.78, 5) is 0. The zero-order valence-electron chi connectivity index (χ0n) is 14.9. The topological polar surface area (TPSA) is 52.8 Å². The molecule has 0 radical (unpaired) electrons. The van der Waals surface area contributed by atoms with Crippen molar-refractivity contribution in [1.29, 1.82) is 0 Å². The number of nitrogens with zero attached hydrogens (tertiary/aromatic N) is 4. The lowest BCUT2D eigenvalue weighted by Gasteiger charge is -2.12. The molecule has 27 heavy (non-hydrogen) atoms. The van der Waals surface area contributed by atoms with Gasteiger partial charge in [-0.15, -0.1) is 5.10 Å². The highest BCUT2D eigenvalue weighted by Crippen LogP contribution is 2.21. The first-order valence-corrected chi connectivity index (χ1v) is 8.95. The summed E-state index contributed by atoms with van der Waals surface area (Å²) in [6.45, 7) is 0.526. The molecule has 0 unspecified atom stereocenters. The Morgan fingerprint density at radius 1 is 0.741 bits per heavy atom. The molecule has 4 aromatic rings. The molecule has 3 aromatic carbocycles. The van der Waals surface area contributed by atoms with Gasteiger partial charge >= 0.3 is 0 Å². The van der Waals surface area contributed by atoms with Crippen molar-refractivity contribution in [2.45, 2.75) is 19.4 Å². The lowest BCUT2D eigenvalue weighted by Crippen LogP contribution is -2.01. The van der Waals surface area contributed by atoms with Gasteiger partial charge in [0.1, 0.15) is 18.7 Å². The van der Waals surface area contributed by atoms with Crippen molar-refractivity contribution >= 4 is 0 Å². The van der Waals surface area contributed by atoms with E-state index in [1.54, 1.807) is 11.0 Å². The van der Waals surface area contributed by atoms with Crippen LogP contribution in [0.5, 0.6) is 5.75 Å². The standard InChI is InChI=1S/C22H20N4O/c1-2-6-18(7-3-1)10-13-20-8-4-5-9-22(20)27-16-19-11-14-21(15-12-19)26-17-23-24-25-26/h1-9,11-12,14-15,17H,10,13,16H2. The van der Waals surface area contributed by atoms with Crippen LogP contribution >= 0.6 is 0 Å². The van der Waals surface area contributed by atoms with Crippen LogP contribution in [0, 0.1) is 0 Å². The van der Waals surface area contributed by atoms with E-state index in [-0.39, 0.29) is 0 Å². The van der Waals surface area contributed by atoms with Gasteiger partial charge in [0.15, 0.2) is 0 Å². The van der Waals surface area contributed by atoms with Gasteiger partial charge in [0.25, 0.3) is 0 Å². The summed E-state index contributed by atoms with van der Waals surface area (Å²) in [5.41, 5.74) is 4.59. The number of benzene rings is 3. The first-order valence-electron chi connectivity index (χ1n) is 8.95. The highest BCUT2D eigenvalue weighted by Gasteiger charge is 2.05. The second kappa shape index (κ2) is 8.27. The lowest BCUT2D eigenvalue weighted by atomic mass is 10.0. The van der Waals surface area contributed by atoms with E-state index in [0.29, 0.717) is 6.61 Å². The van der Waals surface area contributed by atoms with Crippen LogP contribution in [0.2, 0.25) is 0 Å². The Balaban J connectivity index is 1.39. The summed E-state index contributed by atoms with van der Waals surface area (Å²) in [5, 5.41) is 11.2. The second-order valence-electron chi connectivity index (χ2n) is 6.30. The molecular formula is C22H20N4O. The van der Waals surface area contributed by atoms with E-state index in [0.717, 1.165) is 29.8 Å². The monoisotopic (exact) mass is 356 g/mol. The van der Waals surface area contributed by atoms with Gasteiger partial charge in [0.2, 0.25) is 0 Å². The molecule has 134 valence electrons.